The van der Waals surface area contributed by atoms with Crippen LogP contribution in [0.5, 0.6) is 5.75 Å². The normalized spacial score (nSPS) is 15.6. The molecule has 7 heteroatoms. The van der Waals surface area contributed by atoms with E-state index in [0.717, 1.165) is 12.0 Å². The highest BCUT2D eigenvalue weighted by atomic mass is 16.6. The monoisotopic (exact) mass is 370 g/mol. The first-order valence-electron chi connectivity index (χ1n) is 8.80. The number of aromatic nitrogens is 1. The molecule has 1 atom stereocenters. The lowest BCUT2D eigenvalue weighted by atomic mass is 10.1. The van der Waals surface area contributed by atoms with Crippen LogP contribution in [0.25, 0.3) is 0 Å². The van der Waals surface area contributed by atoms with E-state index in [1.165, 1.54) is 6.92 Å². The Morgan fingerprint density at radius 2 is 1.93 bits per heavy atom. The summed E-state index contributed by atoms with van der Waals surface area (Å²) in [7, 11) is 0. The second-order valence-corrected chi connectivity index (χ2v) is 6.25. The highest BCUT2D eigenvalue weighted by Crippen LogP contribution is 2.21. The number of esters is 1. The number of pyridine rings is 1. The molecule has 0 N–H and O–H groups in total. The molecule has 3 rings (SSSR count). The molecule has 1 fully saturated rings. The van der Waals surface area contributed by atoms with E-state index < -0.39 is 0 Å². The maximum absolute atomic E-state index is 12.2. The summed E-state index contributed by atoms with van der Waals surface area (Å²) in [6.45, 7) is 2.80. The van der Waals surface area contributed by atoms with Gasteiger partial charge in [-0.1, -0.05) is 30.3 Å². The van der Waals surface area contributed by atoms with Crippen LogP contribution in [0.3, 0.4) is 0 Å². The molecule has 0 bridgehead atoms. The van der Waals surface area contributed by atoms with Gasteiger partial charge in [-0.25, -0.2) is 4.79 Å². The van der Waals surface area contributed by atoms with E-state index in [2.05, 4.69) is 4.98 Å². The molecule has 7 nitrogen and oxygen atoms in total. The molecule has 0 aliphatic carbocycles. The molecule has 0 saturated carbocycles. The minimum Gasteiger partial charge on any atom is -0.490 e. The van der Waals surface area contributed by atoms with Crippen molar-refractivity contribution in [2.24, 2.45) is 0 Å². The smallest absolute Gasteiger partial charge is 0.410 e. The lowest BCUT2D eigenvalue weighted by Gasteiger charge is -2.39. The number of hydrogen-bond donors (Lipinski definition) is 0. The van der Waals surface area contributed by atoms with E-state index in [4.69, 9.17) is 14.2 Å². The molecule has 0 radical (unpaired) electrons. The van der Waals surface area contributed by atoms with Gasteiger partial charge < -0.3 is 19.1 Å². The summed E-state index contributed by atoms with van der Waals surface area (Å²) >= 11 is 0. The van der Waals surface area contributed by atoms with Gasteiger partial charge in [-0.3, -0.25) is 9.78 Å². The fourth-order valence-electron chi connectivity index (χ4n) is 2.61. The van der Waals surface area contributed by atoms with Crippen molar-refractivity contribution in [3.05, 3.63) is 59.9 Å². The van der Waals surface area contributed by atoms with Crippen molar-refractivity contribution in [3.8, 4) is 5.75 Å². The number of ether oxygens (including phenoxy) is 3. The summed E-state index contributed by atoms with van der Waals surface area (Å²) in [4.78, 5) is 28.8. The van der Waals surface area contributed by atoms with Gasteiger partial charge in [0, 0.05) is 13.5 Å². The Balaban J connectivity index is 1.41. The Labute approximate surface area is 157 Å². The van der Waals surface area contributed by atoms with Gasteiger partial charge in [0.1, 0.15) is 25.6 Å². The van der Waals surface area contributed by atoms with E-state index in [0.29, 0.717) is 24.6 Å². The van der Waals surface area contributed by atoms with Gasteiger partial charge in [-0.15, -0.1) is 0 Å². The third-order valence-corrected chi connectivity index (χ3v) is 4.25. The second kappa shape index (κ2) is 9.02. The first-order chi connectivity index (χ1) is 13.1. The van der Waals surface area contributed by atoms with E-state index in [-0.39, 0.29) is 31.3 Å². The molecule has 142 valence electrons. The zero-order valence-corrected chi connectivity index (χ0v) is 15.2. The molecular weight excluding hydrogens is 348 g/mol. The number of carbonyl (C=O) groups is 2. The summed E-state index contributed by atoms with van der Waals surface area (Å²) < 4.78 is 16.0. The summed E-state index contributed by atoms with van der Waals surface area (Å²) in [5, 5.41) is 0. The van der Waals surface area contributed by atoms with E-state index >= 15 is 0 Å². The molecule has 1 amide bonds. The maximum Gasteiger partial charge on any atom is 0.410 e. The zero-order valence-electron chi connectivity index (χ0n) is 15.2. The van der Waals surface area contributed by atoms with Gasteiger partial charge in [0.25, 0.3) is 0 Å². The molecule has 1 aliphatic heterocycles. The summed E-state index contributed by atoms with van der Waals surface area (Å²) in [5.74, 6) is 0.257. The van der Waals surface area contributed by atoms with Crippen LogP contribution in [0.2, 0.25) is 0 Å². The minimum atomic E-state index is -0.346. The molecule has 0 unspecified atom stereocenters. The molecule has 1 aliphatic rings. The summed E-state index contributed by atoms with van der Waals surface area (Å²) in [6, 6.07) is 13.1. The highest BCUT2D eigenvalue weighted by molar-refractivity contribution is 5.69. The number of hydrogen-bond acceptors (Lipinski definition) is 6. The highest BCUT2D eigenvalue weighted by Gasteiger charge is 2.33. The third-order valence-electron chi connectivity index (χ3n) is 4.25. The minimum absolute atomic E-state index is 0.00556. The Hall–Kier alpha value is -3.09. The average Bonchev–Trinajstić information content (AvgIpc) is 2.66. The van der Waals surface area contributed by atoms with Crippen LogP contribution in [0.4, 0.5) is 4.79 Å². The lowest BCUT2D eigenvalue weighted by Crippen LogP contribution is -2.54. The fourth-order valence-corrected chi connectivity index (χ4v) is 2.61. The lowest BCUT2D eigenvalue weighted by molar-refractivity contribution is -0.142. The summed E-state index contributed by atoms with van der Waals surface area (Å²) in [6.07, 6.45) is 2.13. The van der Waals surface area contributed by atoms with Gasteiger partial charge in [0.2, 0.25) is 0 Å². The van der Waals surface area contributed by atoms with E-state index in [1.807, 2.05) is 30.3 Å². The van der Waals surface area contributed by atoms with Crippen molar-refractivity contribution in [2.45, 2.75) is 32.6 Å². The topological polar surface area (TPSA) is 78.0 Å². The second-order valence-electron chi connectivity index (χ2n) is 6.25. The Kier molecular flexibility index (Phi) is 6.25. The number of rotatable bonds is 7. The van der Waals surface area contributed by atoms with Crippen molar-refractivity contribution in [2.75, 3.05) is 13.2 Å². The van der Waals surface area contributed by atoms with Crippen LogP contribution >= 0.6 is 0 Å². The summed E-state index contributed by atoms with van der Waals surface area (Å²) in [5.41, 5.74) is 1.60. The fraction of sp³-hybridized carbons (Fsp3) is 0.350. The van der Waals surface area contributed by atoms with Crippen LogP contribution in [0, 0.1) is 0 Å². The van der Waals surface area contributed by atoms with Gasteiger partial charge >= 0.3 is 12.1 Å². The first-order valence-corrected chi connectivity index (χ1v) is 8.80. The molecule has 0 spiro atoms. The van der Waals surface area contributed by atoms with Crippen LogP contribution in [-0.2, 0) is 27.5 Å². The molecule has 2 heterocycles. The van der Waals surface area contributed by atoms with Crippen LogP contribution in [0.15, 0.2) is 48.7 Å². The quantitative estimate of drug-likeness (QED) is 0.698. The zero-order chi connectivity index (χ0) is 19.1. The van der Waals surface area contributed by atoms with Gasteiger partial charge in [0.15, 0.2) is 0 Å². The largest absolute Gasteiger partial charge is 0.490 e. The molecule has 1 aromatic carbocycles. The standard InChI is InChI=1S/C20H22N2O5/c1-15(23)25-13-17-7-8-19(11-21-17)26-14-18-9-10-22(18)20(24)27-12-16-5-3-2-4-6-16/h2-8,11,18H,9-10,12-14H2,1H3/t18-/m1/s1. The maximum atomic E-state index is 12.2. The Morgan fingerprint density at radius 1 is 1.11 bits per heavy atom. The number of nitrogens with zero attached hydrogens (tertiary/aromatic N) is 2. The van der Waals surface area contributed by atoms with Crippen molar-refractivity contribution < 1.29 is 23.8 Å². The van der Waals surface area contributed by atoms with Gasteiger partial charge in [0.05, 0.1) is 17.9 Å². The first kappa shape index (κ1) is 18.7. The molecule has 2 aromatic rings. The predicted octanol–water partition coefficient (Wildman–Crippen LogP) is 2.93. The van der Waals surface area contributed by atoms with Crippen molar-refractivity contribution in [3.63, 3.8) is 0 Å². The Bertz CT molecular complexity index is 764. The average molecular weight is 370 g/mol. The number of likely N-dealkylation sites (tertiary alicyclic amines) is 1. The molecular formula is C20H22N2O5. The predicted molar refractivity (Wildman–Crippen MR) is 96.9 cm³/mol. The number of carbonyl (C=O) groups excluding carboxylic acids is 2. The van der Waals surface area contributed by atoms with Gasteiger partial charge in [-0.2, -0.15) is 0 Å². The number of amides is 1. The van der Waals surface area contributed by atoms with Crippen LogP contribution in [-0.4, -0.2) is 41.1 Å². The van der Waals surface area contributed by atoms with Crippen molar-refractivity contribution in [1.29, 1.82) is 0 Å². The SMILES string of the molecule is CC(=O)OCc1ccc(OC[C@H]2CCN2C(=O)OCc2ccccc2)cn1. The van der Waals surface area contributed by atoms with E-state index in [1.54, 1.807) is 23.2 Å². The molecule has 1 aromatic heterocycles. The third kappa shape index (κ3) is 5.44. The van der Waals surface area contributed by atoms with E-state index in [9.17, 15) is 9.59 Å². The van der Waals surface area contributed by atoms with Crippen molar-refractivity contribution >= 4 is 12.1 Å². The van der Waals surface area contributed by atoms with Crippen molar-refractivity contribution in [1.82, 2.24) is 9.88 Å². The van der Waals surface area contributed by atoms with Crippen LogP contribution in [0.1, 0.15) is 24.6 Å². The van der Waals surface area contributed by atoms with Gasteiger partial charge in [-0.05, 0) is 24.1 Å². The van der Waals surface area contributed by atoms with Crippen LogP contribution < -0.4 is 4.74 Å². The molecule has 27 heavy (non-hydrogen) atoms. The Morgan fingerprint density at radius 3 is 2.56 bits per heavy atom. The molecule has 1 saturated heterocycles. The number of benzene rings is 1.